The Labute approximate surface area is 135 Å². The van der Waals surface area contributed by atoms with Crippen LogP contribution in [-0.2, 0) is 0 Å². The van der Waals surface area contributed by atoms with Crippen LogP contribution in [0, 0.1) is 0 Å². The van der Waals surface area contributed by atoms with Crippen molar-refractivity contribution in [3.63, 3.8) is 0 Å². The summed E-state index contributed by atoms with van der Waals surface area (Å²) < 4.78 is -0.203. The van der Waals surface area contributed by atoms with E-state index in [2.05, 4.69) is 15.9 Å². The summed E-state index contributed by atoms with van der Waals surface area (Å²) in [5.41, 5.74) is -3.07. The molecule has 0 bridgehead atoms. The van der Waals surface area contributed by atoms with Gasteiger partial charge in [-0.15, -0.1) is 0 Å². The zero-order valence-corrected chi connectivity index (χ0v) is 12.6. The Hall–Kier alpha value is -2.94. The van der Waals surface area contributed by atoms with Crippen molar-refractivity contribution < 1.29 is 39.6 Å². The third-order valence-corrected chi connectivity index (χ3v) is 3.97. The molecule has 4 N–H and O–H groups in total. The van der Waals surface area contributed by atoms with E-state index in [0.29, 0.717) is 0 Å². The molecule has 2 rings (SSSR count). The Balaban J connectivity index is 3.27. The average Bonchev–Trinajstić information content (AvgIpc) is 2.45. The van der Waals surface area contributed by atoms with Crippen molar-refractivity contribution in [1.29, 1.82) is 0 Å². The number of halogens is 1. The first-order valence-corrected chi connectivity index (χ1v) is 6.69. The highest BCUT2D eigenvalue weighted by molar-refractivity contribution is 9.10. The highest BCUT2D eigenvalue weighted by Crippen LogP contribution is 2.36. The molecular formula is C14H7BrO8. The molecule has 0 aromatic heterocycles. The lowest BCUT2D eigenvalue weighted by Gasteiger charge is -2.14. The number of benzene rings is 2. The molecule has 0 fully saturated rings. The predicted octanol–water partition coefficient (Wildman–Crippen LogP) is 2.40. The van der Waals surface area contributed by atoms with Gasteiger partial charge in [-0.2, -0.15) is 0 Å². The smallest absolute Gasteiger partial charge is 0.337 e. The Morgan fingerprint density at radius 1 is 0.739 bits per heavy atom. The van der Waals surface area contributed by atoms with Gasteiger partial charge in [-0.3, -0.25) is 0 Å². The normalized spacial score (nSPS) is 10.5. The minimum atomic E-state index is -1.79. The maximum Gasteiger partial charge on any atom is 0.337 e. The minimum Gasteiger partial charge on any atom is -0.478 e. The van der Waals surface area contributed by atoms with Gasteiger partial charge in [0.25, 0.3) is 0 Å². The van der Waals surface area contributed by atoms with Gasteiger partial charge in [0, 0.05) is 9.86 Å². The van der Waals surface area contributed by atoms with Gasteiger partial charge < -0.3 is 20.4 Å². The Bertz CT molecular complexity index is 900. The van der Waals surface area contributed by atoms with Crippen molar-refractivity contribution >= 4 is 50.6 Å². The van der Waals surface area contributed by atoms with Crippen LogP contribution in [0.25, 0.3) is 10.8 Å². The fraction of sp³-hybridized carbons (Fsp3) is 0. The zero-order chi connectivity index (χ0) is 17.5. The summed E-state index contributed by atoms with van der Waals surface area (Å²) in [5.74, 6) is -6.65. The van der Waals surface area contributed by atoms with Crippen LogP contribution < -0.4 is 0 Å². The van der Waals surface area contributed by atoms with Gasteiger partial charge in [-0.05, 0) is 27.4 Å². The second-order valence-corrected chi connectivity index (χ2v) is 5.18. The largest absolute Gasteiger partial charge is 0.478 e. The molecule has 0 atom stereocenters. The molecule has 0 heterocycles. The predicted molar refractivity (Wildman–Crippen MR) is 79.5 cm³/mol. The number of rotatable bonds is 4. The van der Waals surface area contributed by atoms with Crippen LogP contribution in [0.1, 0.15) is 41.4 Å². The van der Waals surface area contributed by atoms with Gasteiger partial charge in [-0.1, -0.05) is 12.1 Å². The lowest BCUT2D eigenvalue weighted by Crippen LogP contribution is -2.17. The summed E-state index contributed by atoms with van der Waals surface area (Å²) in [4.78, 5) is 45.7. The lowest BCUT2D eigenvalue weighted by atomic mass is 9.91. The van der Waals surface area contributed by atoms with Crippen molar-refractivity contribution in [1.82, 2.24) is 0 Å². The van der Waals surface area contributed by atoms with E-state index in [4.69, 9.17) is 0 Å². The summed E-state index contributed by atoms with van der Waals surface area (Å²) in [5, 5.41) is 36.7. The van der Waals surface area contributed by atoms with Gasteiger partial charge in [0.05, 0.1) is 22.3 Å². The molecule has 8 nitrogen and oxygen atoms in total. The summed E-state index contributed by atoms with van der Waals surface area (Å²) in [7, 11) is 0. The maximum absolute atomic E-state index is 11.5. The molecule has 23 heavy (non-hydrogen) atoms. The fourth-order valence-corrected chi connectivity index (χ4v) is 3.00. The van der Waals surface area contributed by atoms with Gasteiger partial charge in [-0.25, -0.2) is 19.2 Å². The summed E-state index contributed by atoms with van der Waals surface area (Å²) in [6.45, 7) is 0. The van der Waals surface area contributed by atoms with Gasteiger partial charge in [0.1, 0.15) is 0 Å². The molecule has 0 spiro atoms. The van der Waals surface area contributed by atoms with Crippen molar-refractivity contribution in [2.75, 3.05) is 0 Å². The second kappa shape index (κ2) is 5.69. The number of aromatic carboxylic acids is 4. The molecule has 2 aromatic rings. The highest BCUT2D eigenvalue weighted by Gasteiger charge is 2.31. The van der Waals surface area contributed by atoms with Crippen molar-refractivity contribution in [2.24, 2.45) is 0 Å². The standard InChI is InChI=1S/C14H7BrO8/c15-10-4-2-1-3-5(11(16)17)6(4)7(12(18)19)8(13(20)21)9(10)14(22)23/h1-3H,(H,16,17)(H,18,19)(H,20,21)(H,22,23). The minimum absolute atomic E-state index is 0.0234. The average molecular weight is 383 g/mol. The molecule has 9 heteroatoms. The lowest BCUT2D eigenvalue weighted by molar-refractivity contribution is 0.0634. The number of hydrogen-bond acceptors (Lipinski definition) is 4. The van der Waals surface area contributed by atoms with E-state index in [0.717, 1.165) is 6.07 Å². The van der Waals surface area contributed by atoms with Crippen LogP contribution >= 0.6 is 15.9 Å². The third kappa shape index (κ3) is 2.50. The molecule has 0 radical (unpaired) electrons. The zero-order valence-electron chi connectivity index (χ0n) is 11.0. The maximum atomic E-state index is 11.5. The number of fused-ring (bicyclic) bond motifs is 1. The molecular weight excluding hydrogens is 376 g/mol. The monoisotopic (exact) mass is 382 g/mol. The Morgan fingerprint density at radius 2 is 1.26 bits per heavy atom. The van der Waals surface area contributed by atoms with Crippen LogP contribution in [0.2, 0.25) is 0 Å². The SMILES string of the molecule is O=C(O)c1c(C(=O)O)c(C(=O)O)c2c(C(=O)O)cccc2c1Br. The van der Waals surface area contributed by atoms with Crippen molar-refractivity contribution in [3.8, 4) is 0 Å². The van der Waals surface area contributed by atoms with E-state index in [-0.39, 0.29) is 15.2 Å². The van der Waals surface area contributed by atoms with Crippen LogP contribution in [0.4, 0.5) is 0 Å². The molecule has 0 saturated carbocycles. The van der Waals surface area contributed by atoms with E-state index in [1.807, 2.05) is 0 Å². The third-order valence-electron chi connectivity index (χ3n) is 3.14. The summed E-state index contributed by atoms with van der Waals surface area (Å²) >= 11 is 2.94. The van der Waals surface area contributed by atoms with Crippen LogP contribution in [0.3, 0.4) is 0 Å². The van der Waals surface area contributed by atoms with E-state index < -0.39 is 46.1 Å². The number of carboxylic acids is 4. The first-order valence-electron chi connectivity index (χ1n) is 5.89. The van der Waals surface area contributed by atoms with E-state index in [9.17, 15) is 39.6 Å². The first-order chi connectivity index (χ1) is 10.7. The quantitative estimate of drug-likeness (QED) is 0.629. The van der Waals surface area contributed by atoms with Crippen LogP contribution in [0.15, 0.2) is 22.7 Å². The second-order valence-electron chi connectivity index (χ2n) is 4.39. The van der Waals surface area contributed by atoms with E-state index in [1.54, 1.807) is 0 Å². The topological polar surface area (TPSA) is 149 Å². The van der Waals surface area contributed by atoms with Gasteiger partial charge in [0.15, 0.2) is 0 Å². The number of carboxylic acid groups (broad SMARTS) is 4. The summed E-state index contributed by atoms with van der Waals surface area (Å²) in [6, 6.07) is 3.71. The number of hydrogen-bond donors (Lipinski definition) is 4. The molecule has 0 unspecified atom stereocenters. The van der Waals surface area contributed by atoms with Crippen molar-refractivity contribution in [3.05, 3.63) is 44.9 Å². The Kier molecular flexibility index (Phi) is 4.06. The molecule has 0 aliphatic heterocycles. The van der Waals surface area contributed by atoms with Crippen LogP contribution in [0.5, 0.6) is 0 Å². The summed E-state index contributed by atoms with van der Waals surface area (Å²) in [6.07, 6.45) is 0. The number of carbonyl (C=O) groups is 4. The fourth-order valence-electron chi connectivity index (χ4n) is 2.31. The van der Waals surface area contributed by atoms with Crippen LogP contribution in [-0.4, -0.2) is 44.3 Å². The molecule has 2 aromatic carbocycles. The first kappa shape index (κ1) is 16.4. The van der Waals surface area contributed by atoms with E-state index in [1.165, 1.54) is 12.1 Å². The molecule has 0 amide bonds. The Morgan fingerprint density at radius 3 is 1.70 bits per heavy atom. The molecule has 0 aliphatic carbocycles. The molecule has 0 saturated heterocycles. The molecule has 0 aliphatic rings. The van der Waals surface area contributed by atoms with E-state index >= 15 is 0 Å². The van der Waals surface area contributed by atoms with Gasteiger partial charge >= 0.3 is 23.9 Å². The molecule has 118 valence electrons. The van der Waals surface area contributed by atoms with Gasteiger partial charge in [0.2, 0.25) is 0 Å². The van der Waals surface area contributed by atoms with Crippen molar-refractivity contribution in [2.45, 2.75) is 0 Å². The highest BCUT2D eigenvalue weighted by atomic mass is 79.9.